The Morgan fingerprint density at radius 1 is 1.19 bits per heavy atom. The molecule has 6 heteroatoms. The molecule has 0 bridgehead atoms. The lowest BCUT2D eigenvalue weighted by molar-refractivity contribution is 0.423. The smallest absolute Gasteiger partial charge is 0.258 e. The molecule has 0 fully saturated rings. The van der Waals surface area contributed by atoms with Crippen molar-refractivity contribution < 1.29 is 8.91 Å². The van der Waals surface area contributed by atoms with Gasteiger partial charge < -0.3 is 10.3 Å². The van der Waals surface area contributed by atoms with E-state index in [9.17, 15) is 4.39 Å². The van der Waals surface area contributed by atoms with Gasteiger partial charge in [0.1, 0.15) is 5.82 Å². The van der Waals surface area contributed by atoms with Gasteiger partial charge in [0.15, 0.2) is 5.82 Å². The second kappa shape index (κ2) is 5.54. The fourth-order valence-electron chi connectivity index (χ4n) is 1.93. The molecule has 3 rings (SSSR count). The Hall–Kier alpha value is -2.40. The van der Waals surface area contributed by atoms with Gasteiger partial charge in [-0.15, -0.1) is 0 Å². The Labute approximate surface area is 125 Å². The Kier molecular flexibility index (Phi) is 3.58. The van der Waals surface area contributed by atoms with Crippen molar-refractivity contribution >= 4 is 17.3 Å². The molecule has 2 aromatic carbocycles. The lowest BCUT2D eigenvalue weighted by Gasteiger charge is -1.98. The van der Waals surface area contributed by atoms with Crippen LogP contribution >= 0.6 is 11.6 Å². The lowest BCUT2D eigenvalue weighted by atomic mass is 10.1. The fraction of sp³-hybridized carbons (Fsp3) is 0.0667. The molecule has 0 unspecified atom stereocenters. The van der Waals surface area contributed by atoms with Crippen molar-refractivity contribution in [3.63, 3.8) is 0 Å². The van der Waals surface area contributed by atoms with Gasteiger partial charge in [0.25, 0.3) is 5.89 Å². The van der Waals surface area contributed by atoms with Crippen molar-refractivity contribution in [1.82, 2.24) is 10.1 Å². The highest BCUT2D eigenvalue weighted by atomic mass is 35.5. The van der Waals surface area contributed by atoms with Crippen LogP contribution in [0.2, 0.25) is 5.02 Å². The van der Waals surface area contributed by atoms with Gasteiger partial charge in [-0.25, -0.2) is 4.39 Å². The molecule has 3 aromatic rings. The average molecular weight is 304 g/mol. The largest absolute Gasteiger partial charge is 0.396 e. The third-order valence-electron chi connectivity index (χ3n) is 2.97. The summed E-state index contributed by atoms with van der Waals surface area (Å²) in [6.45, 7) is 0. The minimum Gasteiger partial charge on any atom is -0.396 e. The van der Waals surface area contributed by atoms with E-state index in [1.54, 1.807) is 12.1 Å². The summed E-state index contributed by atoms with van der Waals surface area (Å²) in [5, 5.41) is 4.54. The number of rotatable bonds is 3. The molecule has 0 saturated heterocycles. The Bertz CT molecular complexity index is 788. The van der Waals surface area contributed by atoms with E-state index in [1.807, 2.05) is 18.2 Å². The molecular formula is C15H11ClFN3O. The Morgan fingerprint density at radius 3 is 2.81 bits per heavy atom. The van der Waals surface area contributed by atoms with Crippen LogP contribution in [0.5, 0.6) is 0 Å². The van der Waals surface area contributed by atoms with Gasteiger partial charge in [-0.05, 0) is 35.9 Å². The third-order valence-corrected chi connectivity index (χ3v) is 3.20. The summed E-state index contributed by atoms with van der Waals surface area (Å²) in [7, 11) is 0. The van der Waals surface area contributed by atoms with Crippen LogP contribution in [0.4, 0.5) is 10.1 Å². The number of aromatic nitrogens is 2. The molecule has 0 aliphatic heterocycles. The first-order chi connectivity index (χ1) is 10.1. The van der Waals surface area contributed by atoms with E-state index in [0.717, 1.165) is 5.56 Å². The molecule has 0 spiro atoms. The predicted octanol–water partition coefficient (Wildman–Crippen LogP) is 3.70. The summed E-state index contributed by atoms with van der Waals surface area (Å²) >= 11 is 5.93. The van der Waals surface area contributed by atoms with Gasteiger partial charge in [-0.2, -0.15) is 4.98 Å². The summed E-state index contributed by atoms with van der Waals surface area (Å²) in [4.78, 5) is 4.25. The van der Waals surface area contributed by atoms with E-state index in [4.69, 9.17) is 21.9 Å². The summed E-state index contributed by atoms with van der Waals surface area (Å²) in [5.74, 6) is 0.248. The van der Waals surface area contributed by atoms with Gasteiger partial charge in [0, 0.05) is 17.0 Å². The quantitative estimate of drug-likeness (QED) is 0.749. The predicted molar refractivity (Wildman–Crippen MR) is 78.4 cm³/mol. The SMILES string of the molecule is Nc1ccc(-c2nc(Cc3cccc(Cl)c3)no2)cc1F. The van der Waals surface area contributed by atoms with Crippen LogP contribution in [-0.2, 0) is 6.42 Å². The number of benzene rings is 2. The van der Waals surface area contributed by atoms with Crippen molar-refractivity contribution in [3.8, 4) is 11.5 Å². The highest BCUT2D eigenvalue weighted by molar-refractivity contribution is 6.30. The van der Waals surface area contributed by atoms with Gasteiger partial charge in [-0.3, -0.25) is 0 Å². The van der Waals surface area contributed by atoms with Crippen LogP contribution in [0, 0.1) is 5.82 Å². The van der Waals surface area contributed by atoms with Crippen molar-refractivity contribution in [3.05, 3.63) is 64.7 Å². The fourth-order valence-corrected chi connectivity index (χ4v) is 2.15. The molecule has 1 aromatic heterocycles. The van der Waals surface area contributed by atoms with Crippen molar-refractivity contribution in [2.75, 3.05) is 5.73 Å². The van der Waals surface area contributed by atoms with E-state index in [1.165, 1.54) is 12.1 Å². The van der Waals surface area contributed by atoms with Gasteiger partial charge in [0.05, 0.1) is 5.69 Å². The van der Waals surface area contributed by atoms with Crippen LogP contribution in [-0.4, -0.2) is 10.1 Å². The second-order valence-corrected chi connectivity index (χ2v) is 5.00. The molecule has 0 aliphatic carbocycles. The first-order valence-electron chi connectivity index (χ1n) is 6.24. The maximum atomic E-state index is 13.4. The number of nitrogens with two attached hydrogens (primary N) is 1. The molecule has 0 radical (unpaired) electrons. The zero-order valence-electron chi connectivity index (χ0n) is 10.9. The zero-order valence-corrected chi connectivity index (χ0v) is 11.6. The minimum absolute atomic E-state index is 0.0809. The third kappa shape index (κ3) is 3.03. The molecule has 0 saturated carbocycles. The summed E-state index contributed by atoms with van der Waals surface area (Å²) in [6.07, 6.45) is 0.488. The molecular weight excluding hydrogens is 293 g/mol. The van der Waals surface area contributed by atoms with Crippen LogP contribution < -0.4 is 5.73 Å². The van der Waals surface area contributed by atoms with Gasteiger partial charge >= 0.3 is 0 Å². The molecule has 4 nitrogen and oxygen atoms in total. The summed E-state index contributed by atoms with van der Waals surface area (Å²) in [5.41, 5.74) is 6.98. The van der Waals surface area contributed by atoms with Crippen LogP contribution in [0.25, 0.3) is 11.5 Å². The van der Waals surface area contributed by atoms with Crippen LogP contribution in [0.1, 0.15) is 11.4 Å². The lowest BCUT2D eigenvalue weighted by Crippen LogP contribution is -1.92. The first-order valence-corrected chi connectivity index (χ1v) is 6.62. The Morgan fingerprint density at radius 2 is 2.05 bits per heavy atom. The van der Waals surface area contributed by atoms with E-state index in [2.05, 4.69) is 10.1 Å². The molecule has 0 amide bonds. The summed E-state index contributed by atoms with van der Waals surface area (Å²) in [6, 6.07) is 11.8. The van der Waals surface area contributed by atoms with E-state index in [-0.39, 0.29) is 11.6 Å². The number of hydrogen-bond donors (Lipinski definition) is 1. The topological polar surface area (TPSA) is 64.9 Å². The number of anilines is 1. The average Bonchev–Trinajstić information content (AvgIpc) is 2.90. The summed E-state index contributed by atoms with van der Waals surface area (Å²) < 4.78 is 18.6. The maximum Gasteiger partial charge on any atom is 0.258 e. The monoisotopic (exact) mass is 303 g/mol. The van der Waals surface area contributed by atoms with Crippen LogP contribution in [0.15, 0.2) is 47.0 Å². The normalized spacial score (nSPS) is 10.8. The Balaban J connectivity index is 1.84. The highest BCUT2D eigenvalue weighted by Crippen LogP contribution is 2.22. The first kappa shape index (κ1) is 13.6. The maximum absolute atomic E-state index is 13.4. The van der Waals surface area contributed by atoms with Crippen LogP contribution in [0.3, 0.4) is 0 Å². The van der Waals surface area contributed by atoms with E-state index in [0.29, 0.717) is 22.8 Å². The number of halogens is 2. The second-order valence-electron chi connectivity index (χ2n) is 4.56. The molecule has 0 atom stereocenters. The van der Waals surface area contributed by atoms with Crippen molar-refractivity contribution in [1.29, 1.82) is 0 Å². The van der Waals surface area contributed by atoms with Gasteiger partial charge in [-0.1, -0.05) is 28.9 Å². The van der Waals surface area contributed by atoms with E-state index < -0.39 is 5.82 Å². The molecule has 106 valence electrons. The highest BCUT2D eigenvalue weighted by Gasteiger charge is 2.11. The molecule has 2 N–H and O–H groups in total. The zero-order chi connectivity index (χ0) is 14.8. The van der Waals surface area contributed by atoms with Crippen molar-refractivity contribution in [2.45, 2.75) is 6.42 Å². The minimum atomic E-state index is -0.512. The number of nitrogen functional groups attached to an aromatic ring is 1. The molecule has 0 aliphatic rings. The molecule has 1 heterocycles. The number of nitrogens with zero attached hydrogens (tertiary/aromatic N) is 2. The molecule has 21 heavy (non-hydrogen) atoms. The van der Waals surface area contributed by atoms with Gasteiger partial charge in [0.2, 0.25) is 0 Å². The van der Waals surface area contributed by atoms with Crippen molar-refractivity contribution in [2.24, 2.45) is 0 Å². The van der Waals surface area contributed by atoms with E-state index >= 15 is 0 Å². The number of hydrogen-bond acceptors (Lipinski definition) is 4. The standard InChI is InChI=1S/C15H11ClFN3O/c16-11-3-1-2-9(6-11)7-14-19-15(21-20-14)10-4-5-13(18)12(17)8-10/h1-6,8H,7,18H2.